The first kappa shape index (κ1) is 50.9. The number of nitrogens with zero attached hydrogens (tertiary/aromatic N) is 2. The van der Waals surface area contributed by atoms with Gasteiger partial charge in [-0.15, -0.1) is 24.2 Å². The molecular formula is C44H26F20N4Pt. The Labute approximate surface area is 389 Å². The number of halogens is 20. The summed E-state index contributed by atoms with van der Waals surface area (Å²) in [4.78, 5) is 0. The van der Waals surface area contributed by atoms with E-state index in [4.69, 9.17) is 0 Å². The normalized spacial score (nSPS) is 29.6. The molecule has 9 rings (SSSR count). The van der Waals surface area contributed by atoms with Crippen molar-refractivity contribution in [2.45, 2.75) is 97.7 Å². The maximum atomic E-state index is 15.9. The van der Waals surface area contributed by atoms with E-state index in [1.165, 1.54) is 0 Å². The van der Waals surface area contributed by atoms with Crippen molar-refractivity contribution in [1.29, 1.82) is 0 Å². The molecule has 3 saturated heterocycles. The minimum absolute atomic E-state index is 0. The summed E-state index contributed by atoms with van der Waals surface area (Å²) < 4.78 is 305. The van der Waals surface area contributed by atoms with Crippen LogP contribution in [0.15, 0.2) is 24.3 Å². The van der Waals surface area contributed by atoms with Crippen LogP contribution in [0.2, 0.25) is 0 Å². The van der Waals surface area contributed by atoms with E-state index in [2.05, 4.69) is 21.3 Å². The fourth-order valence-electron chi connectivity index (χ4n) is 10.7. The van der Waals surface area contributed by atoms with E-state index in [0.717, 1.165) is 24.3 Å². The van der Waals surface area contributed by atoms with Gasteiger partial charge in [0.15, 0.2) is 93.1 Å². The molecule has 4 aromatic rings. The van der Waals surface area contributed by atoms with E-state index in [1.807, 2.05) is 0 Å². The van der Waals surface area contributed by atoms with Gasteiger partial charge in [0.25, 0.3) is 0 Å². The minimum atomic E-state index is -2.63. The number of benzene rings is 4. The van der Waals surface area contributed by atoms with Crippen LogP contribution in [0.3, 0.4) is 0 Å². The molecule has 0 saturated carbocycles. The van der Waals surface area contributed by atoms with Gasteiger partial charge < -0.3 is 21.3 Å². The van der Waals surface area contributed by atoms with Crippen LogP contribution in [0, 0.1) is 116 Å². The zero-order valence-corrected chi connectivity index (χ0v) is 36.1. The maximum Gasteiger partial charge on any atom is 2.00 e. The Morgan fingerprint density at radius 2 is 0.406 bits per heavy atom. The first-order chi connectivity index (χ1) is 32.1. The summed E-state index contributed by atoms with van der Waals surface area (Å²) in [5.74, 6) is -58.5. The molecule has 25 heteroatoms. The second-order valence-electron chi connectivity index (χ2n) is 17.0. The monoisotopic (exact) mass is 1190 g/mol. The van der Waals surface area contributed by atoms with E-state index in [1.54, 1.807) is 0 Å². The summed E-state index contributed by atoms with van der Waals surface area (Å²) in [7, 11) is 0. The summed E-state index contributed by atoms with van der Waals surface area (Å²) in [5, 5.41) is 14.0. The molecule has 372 valence electrons. The Morgan fingerprint density at radius 3 is 0.565 bits per heavy atom. The van der Waals surface area contributed by atoms with E-state index < -0.39 is 236 Å². The third-order valence-corrected chi connectivity index (χ3v) is 13.6. The van der Waals surface area contributed by atoms with Gasteiger partial charge in [0, 0.05) is 46.4 Å². The quantitative estimate of drug-likeness (QED) is 0.0926. The molecule has 4 aromatic carbocycles. The van der Waals surface area contributed by atoms with Gasteiger partial charge in [0.05, 0.1) is 0 Å². The van der Waals surface area contributed by atoms with Crippen LogP contribution < -0.4 is 10.6 Å². The summed E-state index contributed by atoms with van der Waals surface area (Å²) >= 11 is 0. The molecule has 0 aliphatic carbocycles. The molecule has 5 aliphatic heterocycles. The Morgan fingerprint density at radius 1 is 0.261 bits per heavy atom. The molecule has 0 aromatic heterocycles. The molecule has 5 heterocycles. The van der Waals surface area contributed by atoms with Gasteiger partial charge in [-0.1, -0.05) is 50.0 Å². The van der Waals surface area contributed by atoms with Gasteiger partial charge in [-0.2, -0.15) is 0 Å². The smallest absolute Gasteiger partial charge is 0.656 e. The van der Waals surface area contributed by atoms with E-state index in [0.29, 0.717) is 0 Å². The van der Waals surface area contributed by atoms with Crippen molar-refractivity contribution in [3.05, 3.63) is 174 Å². The standard InChI is InChI=1S/C44H26F20N4.Pt/c45-25-21(26(46)34(54)41(61)33(25)53)17-9-1-2-10(65-9)18(22-27(47)35(55)42(62)36(56)28(22)48)12-5-6-14(67-12)20(24-31(51)39(59)44(64)40(60)32(24)52)16-8-7-15(68-16)19(13-4-3-11(17)66-13)23-29(49)37(57)43(63)38(58)30(23)50;/h1-2,7-20,65,68H,3-6H2;/q-2;+2. The largest absolute Gasteiger partial charge is 2.00 e. The topological polar surface area (TPSA) is 52.3 Å². The maximum absolute atomic E-state index is 15.9. The molecule has 3 fully saturated rings. The predicted molar refractivity (Wildman–Crippen MR) is 196 cm³/mol. The number of hydrogen-bond donors (Lipinski definition) is 2. The predicted octanol–water partition coefficient (Wildman–Crippen LogP) is 11.5. The Kier molecular flexibility index (Phi) is 13.7. The average Bonchev–Trinajstić information content (AvgIpc) is 4.18. The molecule has 5 aliphatic rings. The van der Waals surface area contributed by atoms with Crippen LogP contribution in [-0.2, 0) is 21.1 Å². The van der Waals surface area contributed by atoms with E-state index >= 15 is 35.1 Å². The van der Waals surface area contributed by atoms with Gasteiger partial charge in [0.2, 0.25) is 23.3 Å². The zero-order chi connectivity index (χ0) is 49.3. The molecule has 12 atom stereocenters. The molecule has 0 radical (unpaired) electrons. The number of rotatable bonds is 4. The fraction of sp³-hybridized carbons (Fsp3) is 0.364. The fourth-order valence-corrected chi connectivity index (χ4v) is 10.7. The average molecular weight is 1190 g/mol. The van der Waals surface area contributed by atoms with Gasteiger partial charge in [-0.25, -0.2) is 87.8 Å². The van der Waals surface area contributed by atoms with Crippen molar-refractivity contribution in [3.8, 4) is 0 Å². The second-order valence-corrected chi connectivity index (χ2v) is 17.0. The van der Waals surface area contributed by atoms with Gasteiger partial charge in [-0.3, -0.25) is 0 Å². The van der Waals surface area contributed by atoms with Crippen LogP contribution >= 0.6 is 0 Å². The molecule has 69 heavy (non-hydrogen) atoms. The van der Waals surface area contributed by atoms with Crippen LogP contribution in [0.5, 0.6) is 0 Å². The molecule has 0 spiro atoms. The number of fused-ring (bicyclic) bond motifs is 8. The van der Waals surface area contributed by atoms with E-state index in [9.17, 15) is 52.7 Å². The molecular weight excluding hydrogens is 1160 g/mol. The minimum Gasteiger partial charge on any atom is -0.656 e. The van der Waals surface area contributed by atoms with Crippen LogP contribution in [-0.4, -0.2) is 48.3 Å². The first-order valence-corrected chi connectivity index (χ1v) is 20.4. The van der Waals surface area contributed by atoms with Crippen molar-refractivity contribution in [3.63, 3.8) is 0 Å². The Bertz CT molecular complexity index is 2360. The van der Waals surface area contributed by atoms with Crippen LogP contribution in [0.4, 0.5) is 87.8 Å². The third-order valence-electron chi connectivity index (χ3n) is 13.6. The summed E-state index contributed by atoms with van der Waals surface area (Å²) in [6.45, 7) is 0. The summed E-state index contributed by atoms with van der Waals surface area (Å²) in [5.41, 5.74) is -6.35. The second kappa shape index (κ2) is 18.6. The van der Waals surface area contributed by atoms with Gasteiger partial charge in [-0.05, 0) is 23.7 Å². The van der Waals surface area contributed by atoms with Gasteiger partial charge >= 0.3 is 21.1 Å². The van der Waals surface area contributed by atoms with Crippen LogP contribution in [0.25, 0.3) is 10.6 Å². The summed E-state index contributed by atoms with van der Waals surface area (Å²) in [6.07, 6.45) is 1.49. The molecule has 12 unspecified atom stereocenters. The molecule has 4 nitrogen and oxygen atoms in total. The summed E-state index contributed by atoms with van der Waals surface area (Å²) in [6, 6.07) is -14.4. The number of hydrogen-bond acceptors (Lipinski definition) is 2. The van der Waals surface area contributed by atoms with Crippen molar-refractivity contribution < 1.29 is 109 Å². The molecule has 2 N–H and O–H groups in total. The molecule has 8 bridgehead atoms. The van der Waals surface area contributed by atoms with Crippen molar-refractivity contribution in [2.24, 2.45) is 0 Å². The Balaban J connectivity index is 0.00000642. The van der Waals surface area contributed by atoms with Gasteiger partial charge in [0.1, 0.15) is 0 Å². The van der Waals surface area contributed by atoms with E-state index in [-0.39, 0.29) is 21.1 Å². The Hall–Kier alpha value is -4.51. The number of nitrogens with one attached hydrogen (secondary N) is 2. The SMILES string of the molecule is Fc1c(F)c(F)c(C2C3CCC([N-]3)C(c3c(F)c(F)c(F)c(F)c3F)C3C=CC(N3)C(c3c(F)c(F)c(F)c(F)c3F)C3CCC([N-]3)C(c3c(F)c(F)c(F)c(F)c3F)C3C=CC2N3)c(F)c1F.[Pt+2]. The van der Waals surface area contributed by atoms with Crippen molar-refractivity contribution in [1.82, 2.24) is 10.6 Å². The first-order valence-electron chi connectivity index (χ1n) is 20.4. The van der Waals surface area contributed by atoms with Crippen molar-refractivity contribution >= 4 is 0 Å². The molecule has 0 amide bonds. The third kappa shape index (κ3) is 7.79. The van der Waals surface area contributed by atoms with Crippen LogP contribution in [0.1, 0.15) is 71.6 Å². The zero-order valence-electron chi connectivity index (χ0n) is 33.8. The van der Waals surface area contributed by atoms with Crippen molar-refractivity contribution in [2.75, 3.05) is 0 Å².